The molecule has 0 aliphatic carbocycles. The van der Waals surface area contributed by atoms with Crippen LogP contribution in [0.1, 0.15) is 56.3 Å². The standard InChI is InChI=1S/C18H10ClF3N4O2.C10H6Cl2F3N3/c19-12-5-6-13(26-8-23-16(24-26)15(21)22)11(14(12)20)7-25-17(27)9-3-1-2-4-10(9)18(25)28;11-3-5-7(2-1-6(12)8(5)13)18-4-16-10(17-18)9(14)15/h1-6,8,15H,7H2;1-2,4,9H,3H2. The van der Waals surface area contributed by atoms with E-state index in [0.717, 1.165) is 26.9 Å². The summed E-state index contributed by atoms with van der Waals surface area (Å²) in [5.41, 5.74) is 0.612. The van der Waals surface area contributed by atoms with E-state index < -0.39 is 54.5 Å². The van der Waals surface area contributed by atoms with Gasteiger partial charge in [0.25, 0.3) is 24.7 Å². The van der Waals surface area contributed by atoms with Crippen LogP contribution in [0.15, 0.2) is 61.2 Å². The molecule has 3 aromatic carbocycles. The van der Waals surface area contributed by atoms with Gasteiger partial charge in [0.05, 0.1) is 45.0 Å². The van der Waals surface area contributed by atoms with Crippen molar-refractivity contribution in [1.82, 2.24) is 34.4 Å². The van der Waals surface area contributed by atoms with Crippen LogP contribution in [-0.4, -0.2) is 46.2 Å². The van der Waals surface area contributed by atoms with Crippen LogP contribution in [-0.2, 0) is 12.4 Å². The van der Waals surface area contributed by atoms with Crippen LogP contribution in [0.2, 0.25) is 10.0 Å². The SMILES string of the molecule is Fc1c(Cl)ccc(-n2cnc(C(F)F)n2)c1CCl.O=C1c2ccccc2C(=O)N1Cc1c(-n2cnc(C(F)F)n2)ccc(Cl)c1F. The zero-order valence-corrected chi connectivity index (χ0v) is 25.0. The molecule has 0 N–H and O–H groups in total. The summed E-state index contributed by atoms with van der Waals surface area (Å²) in [7, 11) is 0. The van der Waals surface area contributed by atoms with Crippen molar-refractivity contribution in [2.24, 2.45) is 0 Å². The molecular weight excluding hydrogens is 687 g/mol. The number of halogens is 9. The number of benzene rings is 3. The van der Waals surface area contributed by atoms with Gasteiger partial charge in [0.1, 0.15) is 24.3 Å². The van der Waals surface area contributed by atoms with E-state index in [-0.39, 0.29) is 49.6 Å². The minimum Gasteiger partial charge on any atom is -0.270 e. The third-order valence-electron chi connectivity index (χ3n) is 6.57. The Balaban J connectivity index is 0.000000200. The van der Waals surface area contributed by atoms with Crippen molar-refractivity contribution >= 4 is 46.6 Å². The Kier molecular flexibility index (Phi) is 9.65. The number of hydrogen-bond acceptors (Lipinski definition) is 6. The zero-order valence-electron chi connectivity index (χ0n) is 22.7. The minimum absolute atomic E-state index is 0.0397. The van der Waals surface area contributed by atoms with Gasteiger partial charge in [-0.2, -0.15) is 0 Å². The first-order chi connectivity index (χ1) is 21.9. The van der Waals surface area contributed by atoms with E-state index in [1.165, 1.54) is 36.4 Å². The molecule has 6 rings (SSSR count). The second-order valence-corrected chi connectivity index (χ2v) is 10.4. The number of hydrogen-bond donors (Lipinski definition) is 0. The van der Waals surface area contributed by atoms with Gasteiger partial charge >= 0.3 is 0 Å². The lowest BCUT2D eigenvalue weighted by molar-refractivity contribution is 0.0641. The highest BCUT2D eigenvalue weighted by Crippen LogP contribution is 2.31. The summed E-state index contributed by atoms with van der Waals surface area (Å²) < 4.78 is 80.7. The highest BCUT2D eigenvalue weighted by Gasteiger charge is 2.36. The second-order valence-electron chi connectivity index (χ2n) is 9.29. The third kappa shape index (κ3) is 6.30. The molecule has 0 unspecified atom stereocenters. The maximum atomic E-state index is 14.8. The van der Waals surface area contributed by atoms with Gasteiger partial charge in [-0.3, -0.25) is 14.5 Å². The van der Waals surface area contributed by atoms with Crippen LogP contribution in [0.3, 0.4) is 0 Å². The topological polar surface area (TPSA) is 98.8 Å². The van der Waals surface area contributed by atoms with Crippen LogP contribution in [0.25, 0.3) is 11.4 Å². The lowest BCUT2D eigenvalue weighted by Gasteiger charge is -2.18. The van der Waals surface area contributed by atoms with Gasteiger partial charge in [-0.1, -0.05) is 35.3 Å². The fraction of sp³-hybridized carbons (Fsp3) is 0.143. The Morgan fingerprint density at radius 3 is 1.52 bits per heavy atom. The largest absolute Gasteiger partial charge is 0.299 e. The van der Waals surface area contributed by atoms with E-state index in [1.807, 2.05) is 0 Å². The number of carbonyl (C=O) groups excluding carboxylic acids is 2. The van der Waals surface area contributed by atoms with Crippen molar-refractivity contribution in [1.29, 1.82) is 0 Å². The molecule has 0 atom stereocenters. The molecule has 9 nitrogen and oxygen atoms in total. The molecule has 1 aliphatic heterocycles. The van der Waals surface area contributed by atoms with E-state index in [2.05, 4.69) is 20.2 Å². The Morgan fingerprint density at radius 2 is 1.11 bits per heavy atom. The van der Waals surface area contributed by atoms with E-state index in [1.54, 1.807) is 12.1 Å². The predicted octanol–water partition coefficient (Wildman–Crippen LogP) is 7.53. The Labute approximate surface area is 269 Å². The number of imide groups is 1. The summed E-state index contributed by atoms with van der Waals surface area (Å²) in [4.78, 5) is 32.9. The molecule has 0 fully saturated rings. The molecule has 1 aliphatic rings. The lowest BCUT2D eigenvalue weighted by Crippen LogP contribution is -2.30. The van der Waals surface area contributed by atoms with Gasteiger partial charge in [0.15, 0.2) is 0 Å². The first-order valence-corrected chi connectivity index (χ1v) is 14.1. The molecule has 2 amide bonds. The van der Waals surface area contributed by atoms with Gasteiger partial charge < -0.3 is 0 Å². The predicted molar refractivity (Wildman–Crippen MR) is 153 cm³/mol. The zero-order chi connectivity index (χ0) is 33.3. The smallest absolute Gasteiger partial charge is 0.270 e. The quantitative estimate of drug-likeness (QED) is 0.0989. The van der Waals surface area contributed by atoms with Crippen LogP contribution in [0.5, 0.6) is 0 Å². The molecule has 0 bridgehead atoms. The number of carbonyl (C=O) groups is 2. The van der Waals surface area contributed by atoms with Gasteiger partial charge in [0.2, 0.25) is 11.6 Å². The fourth-order valence-electron chi connectivity index (χ4n) is 4.40. The summed E-state index contributed by atoms with van der Waals surface area (Å²) in [6.45, 7) is -0.446. The Hall–Kier alpha value is -4.47. The fourth-order valence-corrected chi connectivity index (χ4v) is 5.00. The molecule has 3 heterocycles. The van der Waals surface area contributed by atoms with E-state index >= 15 is 0 Å². The molecular formula is C28H16Cl3F6N7O2. The average Bonchev–Trinajstić information content (AvgIpc) is 3.78. The maximum Gasteiger partial charge on any atom is 0.299 e. The van der Waals surface area contributed by atoms with Crippen LogP contribution >= 0.6 is 34.8 Å². The molecule has 0 radical (unpaired) electrons. The average molecular weight is 703 g/mol. The lowest BCUT2D eigenvalue weighted by atomic mass is 10.1. The van der Waals surface area contributed by atoms with Crippen molar-refractivity contribution < 1.29 is 35.9 Å². The van der Waals surface area contributed by atoms with Crippen molar-refractivity contribution in [2.75, 3.05) is 0 Å². The summed E-state index contributed by atoms with van der Waals surface area (Å²) in [5.74, 6) is -4.28. The van der Waals surface area contributed by atoms with Crippen molar-refractivity contribution in [3.05, 3.63) is 117 Å². The molecule has 0 spiro atoms. The normalized spacial score (nSPS) is 12.6. The first-order valence-electron chi connectivity index (χ1n) is 12.8. The van der Waals surface area contributed by atoms with Crippen LogP contribution in [0, 0.1) is 11.6 Å². The third-order valence-corrected chi connectivity index (χ3v) is 7.42. The molecule has 238 valence electrons. The minimum atomic E-state index is -2.90. The Morgan fingerprint density at radius 1 is 0.674 bits per heavy atom. The summed E-state index contributed by atoms with van der Waals surface area (Å²) in [6.07, 6.45) is -3.63. The molecule has 46 heavy (non-hydrogen) atoms. The van der Waals surface area contributed by atoms with Gasteiger partial charge in [-0.25, -0.2) is 45.7 Å². The monoisotopic (exact) mass is 701 g/mol. The number of rotatable bonds is 7. The number of nitrogens with zero attached hydrogens (tertiary/aromatic N) is 7. The number of aromatic nitrogens is 6. The van der Waals surface area contributed by atoms with Crippen LogP contribution < -0.4 is 0 Å². The van der Waals surface area contributed by atoms with E-state index in [0.29, 0.717) is 0 Å². The van der Waals surface area contributed by atoms with E-state index in [9.17, 15) is 35.9 Å². The molecule has 18 heteroatoms. The highest BCUT2D eigenvalue weighted by atomic mass is 35.5. The maximum absolute atomic E-state index is 14.8. The number of fused-ring (bicyclic) bond motifs is 1. The second kappa shape index (κ2) is 13.5. The van der Waals surface area contributed by atoms with Crippen LogP contribution in [0.4, 0.5) is 26.3 Å². The van der Waals surface area contributed by atoms with Gasteiger partial charge in [-0.15, -0.1) is 21.8 Å². The molecule has 0 saturated carbocycles. The molecule has 2 aromatic heterocycles. The van der Waals surface area contributed by atoms with Gasteiger partial charge in [-0.05, 0) is 36.4 Å². The van der Waals surface area contributed by atoms with Crippen molar-refractivity contribution in [3.63, 3.8) is 0 Å². The van der Waals surface area contributed by atoms with Crippen molar-refractivity contribution in [2.45, 2.75) is 25.3 Å². The van der Waals surface area contributed by atoms with Gasteiger partial charge in [0, 0.05) is 11.1 Å². The molecule has 0 saturated heterocycles. The number of amides is 2. The Bertz CT molecular complexity index is 1920. The highest BCUT2D eigenvalue weighted by molar-refractivity contribution is 6.31. The number of alkyl halides is 5. The summed E-state index contributed by atoms with van der Waals surface area (Å²) in [5, 5.41) is 6.83. The van der Waals surface area contributed by atoms with E-state index in [4.69, 9.17) is 34.8 Å². The molecule has 5 aromatic rings. The summed E-state index contributed by atoms with van der Waals surface area (Å²) >= 11 is 17.1. The first kappa shape index (κ1) is 32.9. The van der Waals surface area contributed by atoms with Crippen molar-refractivity contribution in [3.8, 4) is 11.4 Å². The summed E-state index contributed by atoms with van der Waals surface area (Å²) in [6, 6.07) is 11.5.